The molecule has 1 unspecified atom stereocenters. The fraction of sp³-hybridized carbons (Fsp3) is 0.421. The molecule has 1 aromatic rings. The Morgan fingerprint density at radius 3 is 2.28 bits per heavy atom. The molecule has 0 saturated carbocycles. The molecule has 9 nitrogen and oxygen atoms in total. The van der Waals surface area contributed by atoms with Crippen molar-refractivity contribution in [3.8, 4) is 0 Å². The van der Waals surface area contributed by atoms with Gasteiger partial charge in [0.25, 0.3) is 0 Å². The summed E-state index contributed by atoms with van der Waals surface area (Å²) in [4.78, 5) is 34.8. The molecule has 0 spiro atoms. The lowest BCUT2D eigenvalue weighted by molar-refractivity contribution is -0.134. The number of para-hydroxylation sites is 1. The van der Waals surface area contributed by atoms with Crippen molar-refractivity contribution in [3.63, 3.8) is 0 Å². The van der Waals surface area contributed by atoms with Crippen LogP contribution in [0.15, 0.2) is 36.4 Å². The van der Waals surface area contributed by atoms with Crippen molar-refractivity contribution >= 4 is 35.3 Å². The number of halogens is 1. The van der Waals surface area contributed by atoms with Crippen molar-refractivity contribution in [3.05, 3.63) is 41.4 Å². The molecule has 3 rings (SSSR count). The van der Waals surface area contributed by atoms with Gasteiger partial charge < -0.3 is 25.2 Å². The average molecular weight is 426 g/mol. The van der Waals surface area contributed by atoms with Gasteiger partial charge in [-0.15, -0.1) is 0 Å². The number of hydrogen-bond donors (Lipinski definition) is 3. The van der Waals surface area contributed by atoms with Crippen LogP contribution in [0.5, 0.6) is 0 Å². The molecule has 158 valence electrons. The third-order valence-corrected chi connectivity index (χ3v) is 4.77. The van der Waals surface area contributed by atoms with Gasteiger partial charge in [0.2, 0.25) is 0 Å². The first-order valence-corrected chi connectivity index (χ1v) is 9.53. The number of nitrogens with one attached hydrogen (secondary N) is 1. The molecule has 0 bridgehead atoms. The summed E-state index contributed by atoms with van der Waals surface area (Å²) in [5.74, 6) is -2.51. The van der Waals surface area contributed by atoms with Gasteiger partial charge in [0.05, 0.1) is 17.3 Å². The number of anilines is 1. The summed E-state index contributed by atoms with van der Waals surface area (Å²) in [6.07, 6.45) is 1.75. The Balaban J connectivity index is 0.000000321. The van der Waals surface area contributed by atoms with Crippen LogP contribution in [0.3, 0.4) is 0 Å². The van der Waals surface area contributed by atoms with E-state index >= 15 is 0 Å². The highest BCUT2D eigenvalue weighted by Crippen LogP contribution is 2.26. The van der Waals surface area contributed by atoms with Crippen LogP contribution in [0.2, 0.25) is 5.02 Å². The first kappa shape index (κ1) is 22.5. The minimum atomic E-state index is -1.26. The summed E-state index contributed by atoms with van der Waals surface area (Å²) in [5.41, 5.74) is 1.12. The van der Waals surface area contributed by atoms with Crippen LogP contribution in [-0.2, 0) is 14.3 Å². The lowest BCUT2D eigenvalue weighted by atomic mass is 10.2. The molecular formula is C19H24ClN3O6. The second-order valence-electron chi connectivity index (χ2n) is 6.49. The Kier molecular flexibility index (Phi) is 8.75. The number of rotatable bonds is 6. The number of carboxylic acids is 2. The summed E-state index contributed by atoms with van der Waals surface area (Å²) in [6, 6.07) is 7.99. The molecule has 3 N–H and O–H groups in total. The molecule has 2 aliphatic heterocycles. The molecule has 1 amide bonds. The summed E-state index contributed by atoms with van der Waals surface area (Å²) < 4.78 is 5.15. The van der Waals surface area contributed by atoms with E-state index in [2.05, 4.69) is 21.2 Å². The van der Waals surface area contributed by atoms with Gasteiger partial charge in [0, 0.05) is 44.9 Å². The third-order valence-electron chi connectivity index (χ3n) is 4.45. The van der Waals surface area contributed by atoms with E-state index in [1.54, 1.807) is 0 Å². The molecule has 2 heterocycles. The fourth-order valence-electron chi connectivity index (χ4n) is 2.98. The Morgan fingerprint density at radius 1 is 1.14 bits per heavy atom. The van der Waals surface area contributed by atoms with Crippen molar-refractivity contribution < 1.29 is 29.3 Å². The monoisotopic (exact) mass is 425 g/mol. The maximum atomic E-state index is 11.0. The number of carbonyl (C=O) groups excluding carboxylic acids is 1. The second-order valence-corrected chi connectivity index (χ2v) is 6.89. The van der Waals surface area contributed by atoms with Crippen molar-refractivity contribution in [2.45, 2.75) is 12.5 Å². The minimum absolute atomic E-state index is 0.0269. The lowest BCUT2D eigenvalue weighted by Gasteiger charge is -2.36. The highest BCUT2D eigenvalue weighted by molar-refractivity contribution is 6.33. The van der Waals surface area contributed by atoms with Gasteiger partial charge in [-0.25, -0.2) is 14.4 Å². The smallest absolute Gasteiger partial charge is 0.407 e. The van der Waals surface area contributed by atoms with E-state index < -0.39 is 11.9 Å². The predicted molar refractivity (Wildman–Crippen MR) is 107 cm³/mol. The summed E-state index contributed by atoms with van der Waals surface area (Å²) in [5, 5.41) is 19.1. The van der Waals surface area contributed by atoms with Crippen molar-refractivity contribution in [2.75, 3.05) is 44.2 Å². The van der Waals surface area contributed by atoms with Gasteiger partial charge >= 0.3 is 18.0 Å². The Morgan fingerprint density at radius 2 is 1.76 bits per heavy atom. The summed E-state index contributed by atoms with van der Waals surface area (Å²) in [6.45, 7) is 5.59. The van der Waals surface area contributed by atoms with Crippen LogP contribution >= 0.6 is 11.6 Å². The molecule has 2 aliphatic rings. The van der Waals surface area contributed by atoms with E-state index in [0.717, 1.165) is 49.9 Å². The molecule has 1 atom stereocenters. The number of cyclic esters (lactones) is 1. The molecule has 0 aromatic heterocycles. The van der Waals surface area contributed by atoms with E-state index in [1.165, 1.54) is 0 Å². The zero-order valence-corrected chi connectivity index (χ0v) is 16.5. The maximum absolute atomic E-state index is 11.0. The van der Waals surface area contributed by atoms with E-state index in [0.29, 0.717) is 18.7 Å². The fourth-order valence-corrected chi connectivity index (χ4v) is 3.24. The zero-order valence-electron chi connectivity index (χ0n) is 15.8. The number of carboxylic acid groups (broad SMARTS) is 2. The second kappa shape index (κ2) is 11.3. The van der Waals surface area contributed by atoms with Crippen LogP contribution in [-0.4, -0.2) is 78.5 Å². The summed E-state index contributed by atoms with van der Waals surface area (Å²) >= 11 is 6.24. The largest absolute Gasteiger partial charge is 0.478 e. The predicted octanol–water partition coefficient (Wildman–Crippen LogP) is 1.67. The van der Waals surface area contributed by atoms with Gasteiger partial charge in [-0.3, -0.25) is 4.90 Å². The Bertz CT molecular complexity index is 733. The number of amides is 1. The molecule has 29 heavy (non-hydrogen) atoms. The third kappa shape index (κ3) is 8.00. The van der Waals surface area contributed by atoms with E-state index in [9.17, 15) is 14.4 Å². The molecule has 0 aliphatic carbocycles. The number of aliphatic carboxylic acids is 2. The molecule has 2 fully saturated rings. The van der Waals surface area contributed by atoms with Crippen LogP contribution in [0.1, 0.15) is 6.42 Å². The first-order valence-electron chi connectivity index (χ1n) is 9.15. The van der Waals surface area contributed by atoms with Gasteiger partial charge in [0.1, 0.15) is 6.10 Å². The topological polar surface area (TPSA) is 119 Å². The molecular weight excluding hydrogens is 402 g/mol. The normalized spacial score (nSPS) is 19.3. The number of piperazine rings is 1. The average Bonchev–Trinajstić information content (AvgIpc) is 3.11. The van der Waals surface area contributed by atoms with Gasteiger partial charge in [-0.1, -0.05) is 23.7 Å². The molecule has 10 heteroatoms. The van der Waals surface area contributed by atoms with Crippen LogP contribution in [0.4, 0.5) is 10.5 Å². The number of alkyl carbamates (subject to hydrolysis) is 1. The highest BCUT2D eigenvalue weighted by atomic mass is 35.5. The molecule has 1 aromatic carbocycles. The SMILES string of the molecule is O=C(O)/C=C\C(=O)O.O=C1NCC(CCN2CCN(c3ccccc3Cl)CC2)O1. The number of hydrogen-bond acceptors (Lipinski definition) is 6. The van der Waals surface area contributed by atoms with E-state index in [-0.39, 0.29) is 12.2 Å². The Labute approximate surface area is 173 Å². The van der Waals surface area contributed by atoms with Gasteiger partial charge in [-0.05, 0) is 18.6 Å². The quantitative estimate of drug-likeness (QED) is 0.589. The molecule has 2 saturated heterocycles. The van der Waals surface area contributed by atoms with Crippen molar-refractivity contribution in [1.29, 1.82) is 0 Å². The number of nitrogens with zero attached hydrogens (tertiary/aromatic N) is 2. The van der Waals surface area contributed by atoms with Crippen LogP contribution in [0.25, 0.3) is 0 Å². The molecule has 0 radical (unpaired) electrons. The van der Waals surface area contributed by atoms with Crippen LogP contribution in [0, 0.1) is 0 Å². The van der Waals surface area contributed by atoms with E-state index in [4.69, 9.17) is 26.6 Å². The standard InChI is InChI=1S/C15H20ClN3O2.C4H4O4/c16-13-3-1-2-4-14(13)19-9-7-18(8-10-19)6-5-12-11-17-15(20)21-12;5-3(6)1-2-4(7)8/h1-4,12H,5-11H2,(H,17,20);1-2H,(H,5,6)(H,7,8)/b;2-1-. The Hall–Kier alpha value is -2.78. The zero-order chi connectivity index (χ0) is 21.2. The van der Waals surface area contributed by atoms with Gasteiger partial charge in [-0.2, -0.15) is 0 Å². The first-order chi connectivity index (χ1) is 13.8. The van der Waals surface area contributed by atoms with E-state index in [1.807, 2.05) is 18.2 Å². The minimum Gasteiger partial charge on any atom is -0.478 e. The summed E-state index contributed by atoms with van der Waals surface area (Å²) in [7, 11) is 0. The van der Waals surface area contributed by atoms with Crippen molar-refractivity contribution in [1.82, 2.24) is 10.2 Å². The maximum Gasteiger partial charge on any atom is 0.407 e. The number of benzene rings is 1. The lowest BCUT2D eigenvalue weighted by Crippen LogP contribution is -2.47. The number of ether oxygens (including phenoxy) is 1. The van der Waals surface area contributed by atoms with Crippen molar-refractivity contribution in [2.24, 2.45) is 0 Å². The van der Waals surface area contributed by atoms with Gasteiger partial charge in [0.15, 0.2) is 0 Å². The number of carbonyl (C=O) groups is 3. The highest BCUT2D eigenvalue weighted by Gasteiger charge is 2.24. The van der Waals surface area contributed by atoms with Crippen LogP contribution < -0.4 is 10.2 Å².